The number of hydrogen-bond acceptors (Lipinski definition) is 5. The Morgan fingerprint density at radius 2 is 2.24 bits per heavy atom. The van der Waals surface area contributed by atoms with E-state index in [-0.39, 0.29) is 36.8 Å². The molecule has 1 amide bonds. The summed E-state index contributed by atoms with van der Waals surface area (Å²) in [6.45, 7) is 2.63. The summed E-state index contributed by atoms with van der Waals surface area (Å²) in [5.74, 6) is -0.00820. The average molecular weight is 352 g/mol. The van der Waals surface area contributed by atoms with Gasteiger partial charge < -0.3 is 15.1 Å². The molecule has 2 rings (SSSR count). The number of likely N-dealkylation sites (N-methyl/N-ethyl adjacent to an activating group) is 1. The molecule has 0 radical (unpaired) electrons. The number of halogens is 2. The molecule has 1 unspecified atom stereocenters. The molecular weight excluding hydrogens is 333 g/mol. The van der Waals surface area contributed by atoms with Crippen LogP contribution in [0.15, 0.2) is 28.4 Å². The Bertz CT molecular complexity index is 531. The number of amides is 1. The molecule has 0 aliphatic heterocycles. The highest BCUT2D eigenvalue weighted by molar-refractivity contribution is 7.13. The lowest BCUT2D eigenvalue weighted by atomic mass is 10.3. The van der Waals surface area contributed by atoms with Gasteiger partial charge in [-0.2, -0.15) is 0 Å². The first kappa shape index (κ1) is 19.9. The molecule has 2 aromatic heterocycles. The molecule has 0 saturated heterocycles. The summed E-state index contributed by atoms with van der Waals surface area (Å²) in [5, 5.41) is 8.72. The lowest BCUT2D eigenvalue weighted by Gasteiger charge is -2.10. The quantitative estimate of drug-likeness (QED) is 0.838. The van der Waals surface area contributed by atoms with Gasteiger partial charge in [0, 0.05) is 23.5 Å². The van der Waals surface area contributed by atoms with Gasteiger partial charge in [0.1, 0.15) is 11.3 Å². The predicted octanol–water partition coefficient (Wildman–Crippen LogP) is 2.51. The van der Waals surface area contributed by atoms with Crippen LogP contribution < -0.4 is 10.6 Å². The summed E-state index contributed by atoms with van der Waals surface area (Å²) in [6.07, 6.45) is 3.57. The normalized spacial score (nSPS) is 11.1. The van der Waals surface area contributed by atoms with E-state index >= 15 is 0 Å². The third kappa shape index (κ3) is 6.05. The van der Waals surface area contributed by atoms with Crippen LogP contribution >= 0.6 is 36.2 Å². The molecule has 0 aromatic carbocycles. The Morgan fingerprint density at radius 3 is 2.86 bits per heavy atom. The Kier molecular flexibility index (Phi) is 9.28. The van der Waals surface area contributed by atoms with E-state index < -0.39 is 0 Å². The van der Waals surface area contributed by atoms with E-state index in [1.807, 2.05) is 25.4 Å². The van der Waals surface area contributed by atoms with Gasteiger partial charge in [0.05, 0.1) is 18.4 Å². The minimum atomic E-state index is -0.00820. The molecule has 118 valence electrons. The van der Waals surface area contributed by atoms with Crippen molar-refractivity contribution < 1.29 is 9.21 Å². The van der Waals surface area contributed by atoms with Gasteiger partial charge in [-0.15, -0.1) is 36.2 Å². The van der Waals surface area contributed by atoms with Crippen LogP contribution in [-0.4, -0.2) is 30.5 Å². The van der Waals surface area contributed by atoms with E-state index in [0.29, 0.717) is 13.0 Å². The number of nitrogens with one attached hydrogen (secondary N) is 2. The third-order valence-corrected chi connectivity index (χ3v) is 3.70. The second-order valence-electron chi connectivity index (χ2n) is 4.33. The summed E-state index contributed by atoms with van der Waals surface area (Å²) in [7, 11) is 1.87. The highest BCUT2D eigenvalue weighted by Crippen LogP contribution is 2.23. The lowest BCUT2D eigenvalue weighted by Crippen LogP contribution is -2.37. The smallest absolute Gasteiger partial charge is 0.226 e. The molecule has 0 aliphatic rings. The minimum absolute atomic E-state index is 0. The second kappa shape index (κ2) is 9.78. The molecule has 2 heterocycles. The molecule has 2 N–H and O–H groups in total. The number of carbonyl (C=O) groups is 1. The largest absolute Gasteiger partial charge is 0.472 e. The first-order valence-electron chi connectivity index (χ1n) is 6.10. The van der Waals surface area contributed by atoms with Gasteiger partial charge in [0.25, 0.3) is 0 Å². The van der Waals surface area contributed by atoms with Gasteiger partial charge in [0.15, 0.2) is 0 Å². The van der Waals surface area contributed by atoms with E-state index in [4.69, 9.17) is 4.42 Å². The Balaban J connectivity index is 0.00000200. The summed E-state index contributed by atoms with van der Waals surface area (Å²) < 4.78 is 5.02. The fraction of sp³-hybridized carbons (Fsp3) is 0.385. The van der Waals surface area contributed by atoms with Gasteiger partial charge >= 0.3 is 0 Å². The Hall–Kier alpha value is -1.08. The van der Waals surface area contributed by atoms with Crippen LogP contribution in [0.25, 0.3) is 10.6 Å². The van der Waals surface area contributed by atoms with E-state index in [1.54, 1.807) is 12.5 Å². The van der Waals surface area contributed by atoms with Crippen LogP contribution in [0.1, 0.15) is 12.6 Å². The maximum Gasteiger partial charge on any atom is 0.226 e. The molecule has 1 atom stereocenters. The van der Waals surface area contributed by atoms with Gasteiger partial charge in [-0.05, 0) is 20.0 Å². The SMILES string of the molecule is CNC(C)CNC(=O)Cc1csc(-c2ccoc2)n1.Cl.Cl. The molecule has 0 aliphatic carbocycles. The van der Waals surface area contributed by atoms with Crippen LogP contribution in [0, 0.1) is 0 Å². The number of furan rings is 1. The van der Waals surface area contributed by atoms with E-state index in [2.05, 4.69) is 15.6 Å². The molecule has 8 heteroatoms. The maximum absolute atomic E-state index is 11.7. The monoisotopic (exact) mass is 351 g/mol. The van der Waals surface area contributed by atoms with Gasteiger partial charge in [-0.25, -0.2) is 4.98 Å². The summed E-state index contributed by atoms with van der Waals surface area (Å²) in [5.41, 5.74) is 1.73. The first-order chi connectivity index (χ1) is 9.19. The molecule has 0 spiro atoms. The standard InChI is InChI=1S/C13H17N3O2S.2ClH/c1-9(14-2)6-15-12(17)5-11-8-19-13(16-11)10-3-4-18-7-10;;/h3-4,7-9,14H,5-6H2,1-2H3,(H,15,17);2*1H. The third-order valence-electron chi connectivity index (χ3n) is 2.76. The van der Waals surface area contributed by atoms with Crippen molar-refractivity contribution >= 4 is 42.1 Å². The zero-order valence-corrected chi connectivity index (χ0v) is 14.2. The fourth-order valence-electron chi connectivity index (χ4n) is 1.50. The number of carbonyl (C=O) groups excluding carboxylic acids is 1. The van der Waals surface area contributed by atoms with Gasteiger partial charge in [-0.3, -0.25) is 4.79 Å². The van der Waals surface area contributed by atoms with Crippen LogP contribution in [0.3, 0.4) is 0 Å². The summed E-state index contributed by atoms with van der Waals surface area (Å²) in [6, 6.07) is 2.12. The number of aromatic nitrogens is 1. The highest BCUT2D eigenvalue weighted by Gasteiger charge is 2.10. The van der Waals surface area contributed by atoms with E-state index in [9.17, 15) is 4.79 Å². The maximum atomic E-state index is 11.7. The second-order valence-corrected chi connectivity index (χ2v) is 5.18. The Labute approximate surface area is 140 Å². The highest BCUT2D eigenvalue weighted by atomic mass is 35.5. The molecule has 0 saturated carbocycles. The zero-order chi connectivity index (χ0) is 13.7. The molecule has 21 heavy (non-hydrogen) atoms. The fourth-order valence-corrected chi connectivity index (χ4v) is 2.31. The van der Waals surface area contributed by atoms with Crippen molar-refractivity contribution in [3.8, 4) is 10.6 Å². The van der Waals surface area contributed by atoms with Crippen molar-refractivity contribution in [2.24, 2.45) is 0 Å². The van der Waals surface area contributed by atoms with E-state index in [0.717, 1.165) is 16.3 Å². The van der Waals surface area contributed by atoms with Crippen LogP contribution in [0.4, 0.5) is 0 Å². The average Bonchev–Trinajstić information content (AvgIpc) is 3.06. The van der Waals surface area contributed by atoms with Crippen LogP contribution in [0.5, 0.6) is 0 Å². The predicted molar refractivity (Wildman–Crippen MR) is 89.5 cm³/mol. The van der Waals surface area contributed by atoms with Crippen molar-refractivity contribution in [2.75, 3.05) is 13.6 Å². The number of thiazole rings is 1. The molecule has 2 aromatic rings. The first-order valence-corrected chi connectivity index (χ1v) is 6.98. The van der Waals surface area contributed by atoms with Crippen molar-refractivity contribution in [3.05, 3.63) is 29.7 Å². The number of rotatable bonds is 6. The minimum Gasteiger partial charge on any atom is -0.472 e. The van der Waals surface area contributed by atoms with Crippen molar-refractivity contribution in [2.45, 2.75) is 19.4 Å². The molecular formula is C13H19Cl2N3O2S. The lowest BCUT2D eigenvalue weighted by molar-refractivity contribution is -0.120. The van der Waals surface area contributed by atoms with Gasteiger partial charge in [0.2, 0.25) is 5.91 Å². The topological polar surface area (TPSA) is 67.2 Å². The summed E-state index contributed by atoms with van der Waals surface area (Å²) in [4.78, 5) is 16.2. The van der Waals surface area contributed by atoms with Crippen molar-refractivity contribution in [1.82, 2.24) is 15.6 Å². The molecule has 0 fully saturated rings. The van der Waals surface area contributed by atoms with Crippen LogP contribution in [0.2, 0.25) is 0 Å². The molecule has 5 nitrogen and oxygen atoms in total. The van der Waals surface area contributed by atoms with E-state index in [1.165, 1.54) is 11.3 Å². The number of hydrogen-bond donors (Lipinski definition) is 2. The van der Waals surface area contributed by atoms with Gasteiger partial charge in [-0.1, -0.05) is 0 Å². The molecule has 0 bridgehead atoms. The zero-order valence-electron chi connectivity index (χ0n) is 11.8. The van der Waals surface area contributed by atoms with Crippen LogP contribution in [-0.2, 0) is 11.2 Å². The Morgan fingerprint density at radius 1 is 1.48 bits per heavy atom. The summed E-state index contributed by atoms with van der Waals surface area (Å²) >= 11 is 1.51. The van der Waals surface area contributed by atoms with Crippen molar-refractivity contribution in [3.63, 3.8) is 0 Å². The number of nitrogens with zero attached hydrogens (tertiary/aromatic N) is 1. The van der Waals surface area contributed by atoms with Crippen molar-refractivity contribution in [1.29, 1.82) is 0 Å².